The summed E-state index contributed by atoms with van der Waals surface area (Å²) in [6, 6.07) is 51.0. The molecule has 1 aromatic heterocycles. The van der Waals surface area contributed by atoms with Crippen LogP contribution in [-0.2, 0) is 10.8 Å². The highest BCUT2D eigenvalue weighted by atomic mass is 16.3. The molecule has 230 valence electrons. The van der Waals surface area contributed by atoms with Crippen LogP contribution < -0.4 is 4.90 Å². The monoisotopic (exact) mass is 617 g/mol. The van der Waals surface area contributed by atoms with E-state index in [-0.39, 0.29) is 10.8 Å². The molecule has 2 aliphatic carbocycles. The zero-order chi connectivity index (χ0) is 32.4. The molecule has 0 amide bonds. The van der Waals surface area contributed by atoms with Crippen molar-refractivity contribution in [3.05, 3.63) is 162 Å². The SMILES string of the molecule is CC1(C)c2ccccc2-c2ccc(N(c3ccccc3)c3cccc4oc5c6ccccc6c6c(c5c34)C(C)(C)c3ccccc3-6)cc21. The highest BCUT2D eigenvalue weighted by Gasteiger charge is 2.40. The summed E-state index contributed by atoms with van der Waals surface area (Å²) in [5, 5.41) is 4.77. The van der Waals surface area contributed by atoms with Crippen molar-refractivity contribution in [1.29, 1.82) is 0 Å². The van der Waals surface area contributed by atoms with Gasteiger partial charge < -0.3 is 9.32 Å². The molecular weight excluding hydrogens is 583 g/mol. The van der Waals surface area contributed by atoms with E-state index >= 15 is 0 Å². The predicted molar refractivity (Wildman–Crippen MR) is 201 cm³/mol. The average molecular weight is 618 g/mol. The summed E-state index contributed by atoms with van der Waals surface area (Å²) in [6.45, 7) is 9.46. The fourth-order valence-electron chi connectivity index (χ4n) is 9.02. The molecule has 0 unspecified atom stereocenters. The van der Waals surface area contributed by atoms with Crippen LogP contribution in [-0.4, -0.2) is 0 Å². The number of furan rings is 1. The van der Waals surface area contributed by atoms with E-state index in [0.717, 1.165) is 39.0 Å². The Morgan fingerprint density at radius 2 is 1.12 bits per heavy atom. The number of rotatable bonds is 3. The zero-order valence-electron chi connectivity index (χ0n) is 27.6. The number of anilines is 3. The fourth-order valence-corrected chi connectivity index (χ4v) is 9.02. The molecule has 0 spiro atoms. The van der Waals surface area contributed by atoms with Crippen LogP contribution in [0, 0.1) is 0 Å². The second-order valence-electron chi connectivity index (χ2n) is 14.5. The average Bonchev–Trinajstić information content (AvgIpc) is 3.70. The molecule has 0 radical (unpaired) electrons. The van der Waals surface area contributed by atoms with Gasteiger partial charge in [-0.05, 0) is 86.3 Å². The minimum absolute atomic E-state index is 0.103. The summed E-state index contributed by atoms with van der Waals surface area (Å²) in [7, 11) is 0. The van der Waals surface area contributed by atoms with Gasteiger partial charge in [-0.15, -0.1) is 0 Å². The Morgan fingerprint density at radius 3 is 1.92 bits per heavy atom. The van der Waals surface area contributed by atoms with Crippen LogP contribution >= 0.6 is 0 Å². The largest absolute Gasteiger partial charge is 0.455 e. The molecule has 2 aliphatic rings. The van der Waals surface area contributed by atoms with Gasteiger partial charge in [-0.1, -0.05) is 131 Å². The first-order valence-electron chi connectivity index (χ1n) is 17.0. The molecule has 7 aromatic carbocycles. The van der Waals surface area contributed by atoms with Gasteiger partial charge in [0.25, 0.3) is 0 Å². The maximum absolute atomic E-state index is 6.97. The molecule has 0 atom stereocenters. The van der Waals surface area contributed by atoms with E-state index in [4.69, 9.17) is 4.42 Å². The Kier molecular flexibility index (Phi) is 5.44. The minimum Gasteiger partial charge on any atom is -0.455 e. The van der Waals surface area contributed by atoms with Gasteiger partial charge in [0.1, 0.15) is 11.2 Å². The molecule has 10 rings (SSSR count). The van der Waals surface area contributed by atoms with E-state index in [1.165, 1.54) is 55.3 Å². The van der Waals surface area contributed by atoms with Crippen LogP contribution in [0.1, 0.15) is 49.9 Å². The summed E-state index contributed by atoms with van der Waals surface area (Å²) in [5.74, 6) is 0. The first kappa shape index (κ1) is 27.5. The van der Waals surface area contributed by atoms with Crippen LogP contribution in [0.2, 0.25) is 0 Å². The first-order valence-corrected chi connectivity index (χ1v) is 17.0. The molecule has 0 saturated carbocycles. The van der Waals surface area contributed by atoms with Crippen LogP contribution in [0.25, 0.3) is 55.0 Å². The number of para-hydroxylation sites is 1. The molecule has 0 N–H and O–H groups in total. The third-order valence-corrected chi connectivity index (χ3v) is 11.2. The van der Waals surface area contributed by atoms with Crippen molar-refractivity contribution in [2.75, 3.05) is 4.90 Å². The summed E-state index contributed by atoms with van der Waals surface area (Å²) in [5.41, 5.74) is 15.7. The van der Waals surface area contributed by atoms with Gasteiger partial charge in [0, 0.05) is 33.0 Å². The molecule has 0 saturated heterocycles. The summed E-state index contributed by atoms with van der Waals surface area (Å²) < 4.78 is 6.97. The van der Waals surface area contributed by atoms with Crippen LogP contribution in [0.3, 0.4) is 0 Å². The van der Waals surface area contributed by atoms with E-state index < -0.39 is 0 Å². The van der Waals surface area contributed by atoms with Gasteiger partial charge in [0.05, 0.1) is 11.1 Å². The van der Waals surface area contributed by atoms with Crippen molar-refractivity contribution >= 4 is 49.8 Å². The van der Waals surface area contributed by atoms with E-state index in [0.29, 0.717) is 0 Å². The van der Waals surface area contributed by atoms with Crippen molar-refractivity contribution in [1.82, 2.24) is 0 Å². The lowest BCUT2D eigenvalue weighted by Gasteiger charge is -2.29. The summed E-state index contributed by atoms with van der Waals surface area (Å²) in [6.07, 6.45) is 0. The lowest BCUT2D eigenvalue weighted by Crippen LogP contribution is -2.17. The van der Waals surface area contributed by atoms with Crippen molar-refractivity contribution in [3.8, 4) is 22.3 Å². The number of hydrogen-bond acceptors (Lipinski definition) is 2. The highest BCUT2D eigenvalue weighted by molar-refractivity contribution is 6.26. The highest BCUT2D eigenvalue weighted by Crippen LogP contribution is 2.58. The van der Waals surface area contributed by atoms with Gasteiger partial charge in [0.15, 0.2) is 0 Å². The van der Waals surface area contributed by atoms with Crippen LogP contribution in [0.5, 0.6) is 0 Å². The van der Waals surface area contributed by atoms with Gasteiger partial charge in [-0.25, -0.2) is 0 Å². The van der Waals surface area contributed by atoms with Gasteiger partial charge in [-0.2, -0.15) is 0 Å². The van der Waals surface area contributed by atoms with Gasteiger partial charge in [0.2, 0.25) is 0 Å². The molecule has 2 heteroatoms. The Bertz CT molecular complexity index is 2620. The van der Waals surface area contributed by atoms with Crippen molar-refractivity contribution in [3.63, 3.8) is 0 Å². The lowest BCUT2D eigenvalue weighted by molar-refractivity contribution is 0.659. The number of nitrogens with zero attached hydrogens (tertiary/aromatic N) is 1. The standard InChI is InChI=1S/C46H35NO/c1-45(2)35-21-12-10-17-30(35)31-26-25-29(27-37(31)45)47(28-15-6-5-7-16-28)38-23-14-24-39-41(38)42-43-40(32-18-8-9-19-33(32)44(42)48-39)34-20-11-13-22-36(34)46(43,3)4/h5-27H,1-4H3. The Labute approximate surface area is 280 Å². The molecule has 0 fully saturated rings. The number of fused-ring (bicyclic) bond motifs is 13. The van der Waals surface area contributed by atoms with E-state index in [2.05, 4.69) is 172 Å². The maximum Gasteiger partial charge on any atom is 0.143 e. The zero-order valence-corrected chi connectivity index (χ0v) is 27.6. The van der Waals surface area contributed by atoms with E-state index in [1.807, 2.05) is 0 Å². The van der Waals surface area contributed by atoms with Gasteiger partial charge in [-0.3, -0.25) is 0 Å². The van der Waals surface area contributed by atoms with Gasteiger partial charge >= 0.3 is 0 Å². The van der Waals surface area contributed by atoms with Crippen molar-refractivity contribution < 1.29 is 4.42 Å². The number of benzene rings is 7. The second-order valence-corrected chi connectivity index (χ2v) is 14.5. The smallest absolute Gasteiger partial charge is 0.143 e. The third-order valence-electron chi connectivity index (χ3n) is 11.2. The molecule has 0 bridgehead atoms. The first-order chi connectivity index (χ1) is 23.4. The fraction of sp³-hybridized carbons (Fsp3) is 0.130. The normalized spacial score (nSPS) is 15.0. The predicted octanol–water partition coefficient (Wildman–Crippen LogP) is 12.8. The summed E-state index contributed by atoms with van der Waals surface area (Å²) in [4.78, 5) is 2.44. The second kappa shape index (κ2) is 9.49. The Morgan fingerprint density at radius 1 is 0.479 bits per heavy atom. The van der Waals surface area contributed by atoms with E-state index in [9.17, 15) is 0 Å². The topological polar surface area (TPSA) is 16.4 Å². The lowest BCUT2D eigenvalue weighted by atomic mass is 9.79. The third kappa shape index (κ3) is 3.47. The Hall–Kier alpha value is -5.60. The molecule has 8 aromatic rings. The van der Waals surface area contributed by atoms with Crippen LogP contribution in [0.15, 0.2) is 144 Å². The number of hydrogen-bond donors (Lipinski definition) is 0. The minimum atomic E-state index is -0.209. The van der Waals surface area contributed by atoms with E-state index in [1.54, 1.807) is 0 Å². The van der Waals surface area contributed by atoms with Crippen molar-refractivity contribution in [2.24, 2.45) is 0 Å². The molecular formula is C46H35NO. The molecule has 48 heavy (non-hydrogen) atoms. The summed E-state index contributed by atoms with van der Waals surface area (Å²) >= 11 is 0. The molecule has 0 aliphatic heterocycles. The quantitative estimate of drug-likeness (QED) is 0.196. The Balaban J connectivity index is 1.32. The molecule has 1 heterocycles. The molecule has 2 nitrogen and oxygen atoms in total. The maximum atomic E-state index is 6.97. The van der Waals surface area contributed by atoms with Crippen LogP contribution in [0.4, 0.5) is 17.1 Å². The van der Waals surface area contributed by atoms with Crippen molar-refractivity contribution in [2.45, 2.75) is 38.5 Å².